The summed E-state index contributed by atoms with van der Waals surface area (Å²) in [4.78, 5) is 12.3. The van der Waals surface area contributed by atoms with Crippen molar-refractivity contribution in [3.05, 3.63) is 52.5 Å². The summed E-state index contributed by atoms with van der Waals surface area (Å²) in [5, 5.41) is 3.47. The highest BCUT2D eigenvalue weighted by atomic mass is 35.5. The van der Waals surface area contributed by atoms with Crippen LogP contribution in [0.15, 0.2) is 36.4 Å². The zero-order chi connectivity index (χ0) is 15.4. The van der Waals surface area contributed by atoms with Crippen molar-refractivity contribution in [1.29, 1.82) is 0 Å². The Hall–Kier alpha value is -2.20. The van der Waals surface area contributed by atoms with Gasteiger partial charge in [-0.3, -0.25) is 4.79 Å². The molecule has 0 heterocycles. The van der Waals surface area contributed by atoms with Crippen molar-refractivity contribution in [1.82, 2.24) is 0 Å². The lowest BCUT2D eigenvalue weighted by atomic mass is 10.1. The van der Waals surface area contributed by atoms with Crippen LogP contribution in [0.4, 0.5) is 11.4 Å². The fourth-order valence-corrected chi connectivity index (χ4v) is 2.19. The molecule has 0 saturated carbocycles. The molecule has 0 fully saturated rings. The number of halogens is 1. The molecular weight excluding hydrogens is 288 g/mol. The average molecular weight is 305 g/mol. The molecule has 2 aromatic carbocycles. The van der Waals surface area contributed by atoms with E-state index in [0.29, 0.717) is 34.3 Å². The van der Waals surface area contributed by atoms with Crippen LogP contribution in [0.2, 0.25) is 5.02 Å². The van der Waals surface area contributed by atoms with Gasteiger partial charge in [0.2, 0.25) is 0 Å². The van der Waals surface area contributed by atoms with Crippen LogP contribution in [-0.2, 0) is 0 Å². The van der Waals surface area contributed by atoms with Crippen LogP contribution in [0.25, 0.3) is 0 Å². The third kappa shape index (κ3) is 3.89. The second kappa shape index (κ2) is 6.50. The number of aryl methyl sites for hydroxylation is 1. The van der Waals surface area contributed by atoms with Crippen molar-refractivity contribution in [2.45, 2.75) is 13.8 Å². The summed E-state index contributed by atoms with van der Waals surface area (Å²) in [5.74, 6) is 0.337. The molecule has 0 unspecified atom stereocenters. The minimum Gasteiger partial charge on any atom is -0.494 e. The van der Waals surface area contributed by atoms with Gasteiger partial charge in [0, 0.05) is 28.0 Å². The lowest BCUT2D eigenvalue weighted by molar-refractivity contribution is 0.102. The molecule has 1 amide bonds. The van der Waals surface area contributed by atoms with Gasteiger partial charge in [-0.1, -0.05) is 11.6 Å². The Bertz CT molecular complexity index is 671. The van der Waals surface area contributed by atoms with Crippen LogP contribution in [0.1, 0.15) is 22.8 Å². The van der Waals surface area contributed by atoms with E-state index >= 15 is 0 Å². The van der Waals surface area contributed by atoms with Gasteiger partial charge in [-0.25, -0.2) is 0 Å². The molecule has 0 spiro atoms. The number of nitrogens with two attached hydrogens (primary N) is 1. The van der Waals surface area contributed by atoms with Crippen LogP contribution < -0.4 is 15.8 Å². The number of hydrogen-bond donors (Lipinski definition) is 2. The normalized spacial score (nSPS) is 10.2. The first kappa shape index (κ1) is 15.2. The van der Waals surface area contributed by atoms with E-state index < -0.39 is 0 Å². The van der Waals surface area contributed by atoms with Crippen molar-refractivity contribution >= 4 is 28.9 Å². The maximum atomic E-state index is 12.3. The van der Waals surface area contributed by atoms with E-state index in [1.165, 1.54) is 0 Å². The minimum atomic E-state index is -0.242. The second-order valence-corrected chi connectivity index (χ2v) is 5.07. The number of amides is 1. The highest BCUT2D eigenvalue weighted by Crippen LogP contribution is 2.23. The highest BCUT2D eigenvalue weighted by Gasteiger charge is 2.10. The quantitative estimate of drug-likeness (QED) is 0.842. The SMILES string of the molecule is CCOc1cc(N)cc(C(=O)Nc2ccc(Cl)cc2C)c1. The van der Waals surface area contributed by atoms with Crippen LogP contribution >= 0.6 is 11.6 Å². The lowest BCUT2D eigenvalue weighted by Crippen LogP contribution is -2.13. The van der Waals surface area contributed by atoms with E-state index in [1.54, 1.807) is 36.4 Å². The third-order valence-corrected chi connectivity index (χ3v) is 3.17. The number of carbonyl (C=O) groups excluding carboxylic acids is 1. The van der Waals surface area contributed by atoms with Gasteiger partial charge < -0.3 is 15.8 Å². The summed E-state index contributed by atoms with van der Waals surface area (Å²) in [6, 6.07) is 10.3. The Morgan fingerprint density at radius 1 is 1.29 bits per heavy atom. The van der Waals surface area contributed by atoms with Crippen molar-refractivity contribution in [3.8, 4) is 5.75 Å². The van der Waals surface area contributed by atoms with E-state index in [-0.39, 0.29) is 5.91 Å². The molecule has 0 atom stereocenters. The van der Waals surface area contributed by atoms with Crippen LogP contribution in [-0.4, -0.2) is 12.5 Å². The van der Waals surface area contributed by atoms with Gasteiger partial charge >= 0.3 is 0 Å². The second-order valence-electron chi connectivity index (χ2n) is 4.64. The van der Waals surface area contributed by atoms with Gasteiger partial charge in [-0.2, -0.15) is 0 Å². The van der Waals surface area contributed by atoms with Gasteiger partial charge in [0.1, 0.15) is 5.75 Å². The van der Waals surface area contributed by atoms with Gasteiger partial charge in [0.05, 0.1) is 6.61 Å². The first-order chi connectivity index (χ1) is 9.99. The Balaban J connectivity index is 2.23. The van der Waals surface area contributed by atoms with Gasteiger partial charge in [0.15, 0.2) is 0 Å². The number of carbonyl (C=O) groups is 1. The largest absolute Gasteiger partial charge is 0.494 e. The summed E-state index contributed by atoms with van der Waals surface area (Å²) in [5.41, 5.74) is 8.34. The molecule has 0 aromatic heterocycles. The van der Waals surface area contributed by atoms with E-state index in [9.17, 15) is 4.79 Å². The van der Waals surface area contributed by atoms with E-state index in [0.717, 1.165) is 5.56 Å². The summed E-state index contributed by atoms with van der Waals surface area (Å²) in [6.07, 6.45) is 0. The summed E-state index contributed by atoms with van der Waals surface area (Å²) >= 11 is 5.90. The van der Waals surface area contributed by atoms with Crippen molar-refractivity contribution in [3.63, 3.8) is 0 Å². The van der Waals surface area contributed by atoms with Gasteiger partial charge in [-0.05, 0) is 49.7 Å². The number of anilines is 2. The Labute approximate surface area is 128 Å². The lowest BCUT2D eigenvalue weighted by Gasteiger charge is -2.11. The van der Waals surface area contributed by atoms with E-state index in [1.807, 2.05) is 13.8 Å². The summed E-state index contributed by atoms with van der Waals surface area (Å²) in [7, 11) is 0. The third-order valence-electron chi connectivity index (χ3n) is 2.94. The van der Waals surface area contributed by atoms with Gasteiger partial charge in [-0.15, -0.1) is 0 Å². The molecule has 0 bridgehead atoms. The first-order valence-electron chi connectivity index (χ1n) is 6.60. The molecule has 2 aromatic rings. The molecule has 110 valence electrons. The molecule has 4 nitrogen and oxygen atoms in total. The van der Waals surface area contributed by atoms with Crippen LogP contribution in [0.5, 0.6) is 5.75 Å². The van der Waals surface area contributed by atoms with E-state index in [4.69, 9.17) is 22.1 Å². The zero-order valence-corrected chi connectivity index (χ0v) is 12.7. The first-order valence-corrected chi connectivity index (χ1v) is 6.98. The van der Waals surface area contributed by atoms with E-state index in [2.05, 4.69) is 5.32 Å². The van der Waals surface area contributed by atoms with Crippen molar-refractivity contribution in [2.24, 2.45) is 0 Å². The maximum Gasteiger partial charge on any atom is 0.255 e. The number of rotatable bonds is 4. The topological polar surface area (TPSA) is 64.3 Å². The van der Waals surface area contributed by atoms with Crippen molar-refractivity contribution in [2.75, 3.05) is 17.7 Å². The Kier molecular flexibility index (Phi) is 4.70. The zero-order valence-electron chi connectivity index (χ0n) is 11.9. The number of nitrogens with one attached hydrogen (secondary N) is 1. The number of nitrogen functional groups attached to an aromatic ring is 1. The standard InChI is InChI=1S/C16H17ClN2O2/c1-3-21-14-8-11(7-13(18)9-14)16(20)19-15-5-4-12(17)6-10(15)2/h4-9H,3,18H2,1-2H3,(H,19,20). The molecule has 2 rings (SSSR count). The number of benzene rings is 2. The fraction of sp³-hybridized carbons (Fsp3) is 0.188. The molecule has 0 radical (unpaired) electrons. The molecular formula is C16H17ClN2O2. The smallest absolute Gasteiger partial charge is 0.255 e. The molecule has 0 aliphatic rings. The predicted octanol–water partition coefficient (Wildman–Crippen LogP) is 3.88. The summed E-state index contributed by atoms with van der Waals surface area (Å²) in [6.45, 7) is 4.27. The van der Waals surface area contributed by atoms with Crippen LogP contribution in [0.3, 0.4) is 0 Å². The highest BCUT2D eigenvalue weighted by molar-refractivity contribution is 6.30. The number of ether oxygens (including phenoxy) is 1. The molecule has 5 heteroatoms. The van der Waals surface area contributed by atoms with Gasteiger partial charge in [0.25, 0.3) is 5.91 Å². The predicted molar refractivity (Wildman–Crippen MR) is 86.2 cm³/mol. The molecule has 3 N–H and O–H groups in total. The Morgan fingerprint density at radius 2 is 2.05 bits per heavy atom. The Morgan fingerprint density at radius 3 is 2.71 bits per heavy atom. The average Bonchev–Trinajstić information content (AvgIpc) is 2.41. The van der Waals surface area contributed by atoms with Crippen LogP contribution in [0, 0.1) is 6.92 Å². The minimum absolute atomic E-state index is 0.242. The molecule has 0 aliphatic heterocycles. The maximum absolute atomic E-state index is 12.3. The van der Waals surface area contributed by atoms with Crippen molar-refractivity contribution < 1.29 is 9.53 Å². The molecule has 0 aliphatic carbocycles. The summed E-state index contributed by atoms with van der Waals surface area (Å²) < 4.78 is 5.39. The molecule has 0 saturated heterocycles. The monoisotopic (exact) mass is 304 g/mol. The fourth-order valence-electron chi connectivity index (χ4n) is 1.96. The number of hydrogen-bond acceptors (Lipinski definition) is 3. The molecule has 21 heavy (non-hydrogen) atoms.